The highest BCUT2D eigenvalue weighted by atomic mass is 16.5. The molecule has 0 saturated heterocycles. The van der Waals surface area contributed by atoms with Gasteiger partial charge in [-0.15, -0.1) is 0 Å². The van der Waals surface area contributed by atoms with Crippen molar-refractivity contribution < 1.29 is 19.4 Å². The van der Waals surface area contributed by atoms with Crippen molar-refractivity contribution >= 4 is 11.9 Å². The fourth-order valence-electron chi connectivity index (χ4n) is 1.52. The van der Waals surface area contributed by atoms with Crippen molar-refractivity contribution in [1.29, 1.82) is 0 Å². The van der Waals surface area contributed by atoms with Crippen LogP contribution in [0.4, 0.5) is 0 Å². The van der Waals surface area contributed by atoms with Crippen LogP contribution < -0.4 is 10.1 Å². The summed E-state index contributed by atoms with van der Waals surface area (Å²) in [4.78, 5) is 22.9. The lowest BCUT2D eigenvalue weighted by Gasteiger charge is -2.19. The van der Waals surface area contributed by atoms with Crippen molar-refractivity contribution in [3.63, 3.8) is 0 Å². The Kier molecular flexibility index (Phi) is 4.92. The molecular weight excluding hydrogens is 246 g/mol. The van der Waals surface area contributed by atoms with Gasteiger partial charge in [0.1, 0.15) is 5.75 Å². The van der Waals surface area contributed by atoms with E-state index in [1.165, 1.54) is 7.11 Å². The highest BCUT2D eigenvalue weighted by molar-refractivity contribution is 5.96. The van der Waals surface area contributed by atoms with Crippen molar-refractivity contribution in [2.45, 2.75) is 20.3 Å². The molecule has 0 aromatic heterocycles. The van der Waals surface area contributed by atoms with E-state index < -0.39 is 11.4 Å². The second-order valence-electron chi connectivity index (χ2n) is 4.90. The maximum absolute atomic E-state index is 11.9. The second kappa shape index (κ2) is 6.22. The van der Waals surface area contributed by atoms with Gasteiger partial charge in [0.2, 0.25) is 0 Å². The largest absolute Gasteiger partial charge is 0.496 e. The van der Waals surface area contributed by atoms with Crippen LogP contribution in [0.25, 0.3) is 0 Å². The number of hydrogen-bond acceptors (Lipinski definition) is 3. The summed E-state index contributed by atoms with van der Waals surface area (Å²) in [5.41, 5.74) is -0.410. The van der Waals surface area contributed by atoms with E-state index in [1.807, 2.05) is 0 Å². The third-order valence-electron chi connectivity index (χ3n) is 2.97. The molecule has 0 radical (unpaired) electrons. The summed E-state index contributed by atoms with van der Waals surface area (Å²) in [7, 11) is 1.50. The van der Waals surface area contributed by atoms with Gasteiger partial charge in [0.15, 0.2) is 0 Å². The van der Waals surface area contributed by atoms with E-state index in [0.717, 1.165) is 0 Å². The molecule has 0 aliphatic carbocycles. The average Bonchev–Trinajstić information content (AvgIpc) is 2.38. The minimum atomic E-state index is -0.876. The molecule has 1 rings (SSSR count). The lowest BCUT2D eigenvalue weighted by atomic mass is 9.90. The molecule has 0 bridgehead atoms. The first-order chi connectivity index (χ1) is 8.88. The third kappa shape index (κ3) is 3.98. The molecule has 104 valence electrons. The number of nitrogens with one attached hydrogen (secondary N) is 1. The maximum atomic E-state index is 11.9. The molecular formula is C14H19NO4. The number of ether oxygens (including phenoxy) is 1. The highest BCUT2D eigenvalue weighted by Gasteiger charge is 2.26. The van der Waals surface area contributed by atoms with Crippen molar-refractivity contribution in [2.24, 2.45) is 5.41 Å². The number of benzene rings is 1. The zero-order chi connectivity index (χ0) is 14.5. The van der Waals surface area contributed by atoms with Crippen molar-refractivity contribution in [3.8, 4) is 5.75 Å². The van der Waals surface area contributed by atoms with Crippen LogP contribution in [0.1, 0.15) is 30.6 Å². The number of hydrogen-bond donors (Lipinski definition) is 2. The first-order valence-electron chi connectivity index (χ1n) is 6.03. The van der Waals surface area contributed by atoms with Crippen LogP contribution in [0.2, 0.25) is 0 Å². The molecule has 0 heterocycles. The van der Waals surface area contributed by atoms with Crippen molar-refractivity contribution in [2.75, 3.05) is 13.7 Å². The molecule has 1 aromatic carbocycles. The summed E-state index contributed by atoms with van der Waals surface area (Å²) in [6, 6.07) is 6.90. The number of rotatable bonds is 6. The number of carbonyl (C=O) groups is 2. The topological polar surface area (TPSA) is 75.6 Å². The minimum absolute atomic E-state index is 0.265. The number of aliphatic carboxylic acids is 1. The van der Waals surface area contributed by atoms with Gasteiger partial charge < -0.3 is 15.2 Å². The first-order valence-corrected chi connectivity index (χ1v) is 6.03. The van der Waals surface area contributed by atoms with Crippen LogP contribution in [0.15, 0.2) is 24.3 Å². The van der Waals surface area contributed by atoms with Gasteiger partial charge in [-0.2, -0.15) is 0 Å². The zero-order valence-electron chi connectivity index (χ0n) is 11.4. The summed E-state index contributed by atoms with van der Waals surface area (Å²) in [6.07, 6.45) is 0.364. The van der Waals surface area contributed by atoms with Crippen LogP contribution in [-0.4, -0.2) is 30.6 Å². The quantitative estimate of drug-likeness (QED) is 0.824. The molecule has 0 saturated carbocycles. The van der Waals surface area contributed by atoms with E-state index in [9.17, 15) is 9.59 Å². The van der Waals surface area contributed by atoms with Gasteiger partial charge in [0.05, 0.1) is 18.1 Å². The number of amides is 1. The third-order valence-corrected chi connectivity index (χ3v) is 2.97. The van der Waals surface area contributed by atoms with Crippen LogP contribution in [0.3, 0.4) is 0 Å². The van der Waals surface area contributed by atoms with Gasteiger partial charge in [-0.3, -0.25) is 9.59 Å². The van der Waals surface area contributed by atoms with Gasteiger partial charge in [0.25, 0.3) is 5.91 Å². The average molecular weight is 265 g/mol. The van der Waals surface area contributed by atoms with E-state index in [2.05, 4.69) is 5.32 Å². The standard InChI is InChI=1S/C14H19NO4/c1-14(2,13(17)18)8-9-15-12(16)10-6-4-5-7-11(10)19-3/h4-7H,8-9H2,1-3H3,(H,15,16)(H,17,18). The molecule has 5 nitrogen and oxygen atoms in total. The van der Waals surface area contributed by atoms with Crippen LogP contribution in [0.5, 0.6) is 5.75 Å². The molecule has 0 atom stereocenters. The molecule has 19 heavy (non-hydrogen) atoms. The molecule has 0 fully saturated rings. The molecule has 0 aliphatic heterocycles. The molecule has 1 amide bonds. The van der Waals surface area contributed by atoms with Crippen molar-refractivity contribution in [1.82, 2.24) is 5.32 Å². The smallest absolute Gasteiger partial charge is 0.309 e. The van der Waals surface area contributed by atoms with Gasteiger partial charge in [-0.25, -0.2) is 0 Å². The monoisotopic (exact) mass is 265 g/mol. The second-order valence-corrected chi connectivity index (χ2v) is 4.90. The van der Waals surface area contributed by atoms with Crippen LogP contribution >= 0.6 is 0 Å². The highest BCUT2D eigenvalue weighted by Crippen LogP contribution is 2.20. The Morgan fingerprint density at radius 1 is 1.32 bits per heavy atom. The Morgan fingerprint density at radius 3 is 2.53 bits per heavy atom. The van der Waals surface area contributed by atoms with Gasteiger partial charge in [-0.05, 0) is 32.4 Å². The predicted molar refractivity (Wildman–Crippen MR) is 71.4 cm³/mol. The van der Waals surface area contributed by atoms with Gasteiger partial charge in [0, 0.05) is 6.54 Å². The lowest BCUT2D eigenvalue weighted by Crippen LogP contribution is -2.32. The Hall–Kier alpha value is -2.04. The normalized spacial score (nSPS) is 10.9. The summed E-state index contributed by atoms with van der Waals surface area (Å²) in [5.74, 6) is -0.643. The number of carbonyl (C=O) groups excluding carboxylic acids is 1. The fraction of sp³-hybridized carbons (Fsp3) is 0.429. The number of carboxylic acid groups (broad SMARTS) is 1. The first kappa shape index (κ1) is 15.0. The number of carboxylic acids is 1. The van der Waals surface area contributed by atoms with E-state index in [-0.39, 0.29) is 5.91 Å². The maximum Gasteiger partial charge on any atom is 0.309 e. The number of para-hydroxylation sites is 1. The SMILES string of the molecule is COc1ccccc1C(=O)NCCC(C)(C)C(=O)O. The molecule has 0 spiro atoms. The number of methoxy groups -OCH3 is 1. The summed E-state index contributed by atoms with van der Waals surface area (Å²) in [6.45, 7) is 3.56. The Labute approximate surface area is 112 Å². The Bertz CT molecular complexity index is 468. The summed E-state index contributed by atoms with van der Waals surface area (Å²) in [5, 5.41) is 11.7. The Balaban J connectivity index is 2.59. The van der Waals surface area contributed by atoms with Gasteiger partial charge >= 0.3 is 5.97 Å². The fourth-order valence-corrected chi connectivity index (χ4v) is 1.52. The van der Waals surface area contributed by atoms with E-state index in [1.54, 1.807) is 38.1 Å². The molecule has 5 heteroatoms. The van der Waals surface area contributed by atoms with Gasteiger partial charge in [-0.1, -0.05) is 12.1 Å². The molecule has 1 aromatic rings. The van der Waals surface area contributed by atoms with Crippen LogP contribution in [0, 0.1) is 5.41 Å². The predicted octanol–water partition coefficient (Wildman–Crippen LogP) is 1.93. The zero-order valence-corrected chi connectivity index (χ0v) is 11.4. The minimum Gasteiger partial charge on any atom is -0.496 e. The Morgan fingerprint density at radius 2 is 1.95 bits per heavy atom. The van der Waals surface area contributed by atoms with E-state index >= 15 is 0 Å². The van der Waals surface area contributed by atoms with E-state index in [4.69, 9.17) is 9.84 Å². The molecule has 2 N–H and O–H groups in total. The summed E-state index contributed by atoms with van der Waals surface area (Å²) >= 11 is 0. The molecule has 0 unspecified atom stereocenters. The summed E-state index contributed by atoms with van der Waals surface area (Å²) < 4.78 is 5.10. The van der Waals surface area contributed by atoms with E-state index in [0.29, 0.717) is 24.3 Å². The molecule has 0 aliphatic rings. The van der Waals surface area contributed by atoms with Crippen LogP contribution in [-0.2, 0) is 4.79 Å². The lowest BCUT2D eigenvalue weighted by molar-refractivity contribution is -0.147. The van der Waals surface area contributed by atoms with Crippen molar-refractivity contribution in [3.05, 3.63) is 29.8 Å².